The Balaban J connectivity index is 1.36. The van der Waals surface area contributed by atoms with E-state index in [-0.39, 0.29) is 5.91 Å². The van der Waals surface area contributed by atoms with Crippen molar-refractivity contribution in [2.24, 2.45) is 0 Å². The zero-order chi connectivity index (χ0) is 19.9. The van der Waals surface area contributed by atoms with E-state index in [0.717, 1.165) is 68.7 Å². The molecule has 1 saturated heterocycles. The van der Waals surface area contributed by atoms with Crippen LogP contribution in [-0.4, -0.2) is 54.8 Å². The van der Waals surface area contributed by atoms with Gasteiger partial charge in [0.25, 0.3) is 5.91 Å². The van der Waals surface area contributed by atoms with Gasteiger partial charge in [-0.1, -0.05) is 48.5 Å². The Morgan fingerprint density at radius 2 is 1.72 bits per heavy atom. The molecule has 1 aromatic heterocycles. The summed E-state index contributed by atoms with van der Waals surface area (Å²) >= 11 is 0. The van der Waals surface area contributed by atoms with E-state index in [1.165, 1.54) is 5.56 Å². The number of hydrogen-bond donors (Lipinski definition) is 1. The van der Waals surface area contributed by atoms with Gasteiger partial charge in [0.05, 0.1) is 18.8 Å². The molecule has 1 amide bonds. The third kappa shape index (κ3) is 5.05. The predicted molar refractivity (Wildman–Crippen MR) is 116 cm³/mol. The molecule has 5 heteroatoms. The maximum atomic E-state index is 12.8. The van der Waals surface area contributed by atoms with Crippen LogP contribution >= 0.6 is 0 Å². The summed E-state index contributed by atoms with van der Waals surface area (Å²) in [6.45, 7) is 6.26. The van der Waals surface area contributed by atoms with Gasteiger partial charge in [-0.15, -0.1) is 0 Å². The number of ether oxygens (including phenoxy) is 1. The number of unbranched alkanes of at least 4 members (excludes halogenated alkanes) is 1. The monoisotopic (exact) mass is 391 g/mol. The van der Waals surface area contributed by atoms with E-state index >= 15 is 0 Å². The van der Waals surface area contributed by atoms with Crippen LogP contribution in [0.2, 0.25) is 0 Å². The Kier molecular flexibility index (Phi) is 6.60. The minimum absolute atomic E-state index is 0.0133. The van der Waals surface area contributed by atoms with Gasteiger partial charge in [-0.25, -0.2) is 0 Å². The van der Waals surface area contributed by atoms with Crippen LogP contribution in [0.15, 0.2) is 60.8 Å². The van der Waals surface area contributed by atoms with Crippen molar-refractivity contribution < 1.29 is 9.53 Å². The minimum atomic E-state index is 0.0133. The van der Waals surface area contributed by atoms with Gasteiger partial charge in [-0.3, -0.25) is 9.69 Å². The molecule has 0 spiro atoms. The van der Waals surface area contributed by atoms with Crippen molar-refractivity contribution in [3.63, 3.8) is 0 Å². The number of aromatic nitrogens is 1. The lowest BCUT2D eigenvalue weighted by molar-refractivity contribution is 0.0372. The Bertz CT molecular complexity index is 930. The second-order valence-electron chi connectivity index (χ2n) is 7.59. The van der Waals surface area contributed by atoms with Crippen molar-refractivity contribution in [1.82, 2.24) is 14.8 Å². The lowest BCUT2D eigenvalue weighted by Gasteiger charge is -2.26. The molecule has 1 N–H and O–H groups in total. The van der Waals surface area contributed by atoms with Crippen LogP contribution in [0.4, 0.5) is 0 Å². The number of benzene rings is 2. The van der Waals surface area contributed by atoms with Crippen molar-refractivity contribution in [2.45, 2.75) is 19.4 Å². The normalized spacial score (nSPS) is 14.9. The molecule has 4 rings (SSSR count). The maximum absolute atomic E-state index is 12.8. The maximum Gasteiger partial charge on any atom is 0.253 e. The number of carbonyl (C=O) groups is 1. The number of nitrogens with zero attached hydrogens (tertiary/aromatic N) is 2. The first-order valence-electron chi connectivity index (χ1n) is 10.5. The number of carbonyl (C=O) groups excluding carboxylic acids is 1. The van der Waals surface area contributed by atoms with Gasteiger partial charge in [0.1, 0.15) is 0 Å². The summed E-state index contributed by atoms with van der Waals surface area (Å²) in [6, 6.07) is 18.5. The van der Waals surface area contributed by atoms with Gasteiger partial charge in [-0.05, 0) is 31.0 Å². The number of rotatable bonds is 8. The Labute approximate surface area is 172 Å². The highest BCUT2D eigenvalue weighted by molar-refractivity contribution is 6.07. The van der Waals surface area contributed by atoms with E-state index in [0.29, 0.717) is 6.54 Å². The van der Waals surface area contributed by atoms with E-state index in [4.69, 9.17) is 4.74 Å². The Hall–Kier alpha value is -2.63. The summed E-state index contributed by atoms with van der Waals surface area (Å²) in [4.78, 5) is 15.3. The zero-order valence-corrected chi connectivity index (χ0v) is 16.8. The van der Waals surface area contributed by atoms with Crippen molar-refractivity contribution >= 4 is 16.8 Å². The van der Waals surface area contributed by atoms with E-state index < -0.39 is 0 Å². The van der Waals surface area contributed by atoms with Crippen LogP contribution < -0.4 is 5.32 Å². The molecular formula is C24H29N3O2. The third-order valence-electron chi connectivity index (χ3n) is 5.52. The van der Waals surface area contributed by atoms with Gasteiger partial charge in [0.15, 0.2) is 0 Å². The van der Waals surface area contributed by atoms with Crippen molar-refractivity contribution in [3.8, 4) is 0 Å². The molecule has 2 aromatic carbocycles. The largest absolute Gasteiger partial charge is 0.379 e. The van der Waals surface area contributed by atoms with Crippen LogP contribution in [0.1, 0.15) is 28.8 Å². The molecule has 0 radical (unpaired) electrons. The first-order chi connectivity index (χ1) is 14.3. The van der Waals surface area contributed by atoms with E-state index in [1.54, 1.807) is 0 Å². The molecule has 0 saturated carbocycles. The lowest BCUT2D eigenvalue weighted by atomic mass is 10.1. The summed E-state index contributed by atoms with van der Waals surface area (Å²) in [6.07, 6.45) is 4.07. The molecular weight excluding hydrogens is 362 g/mol. The van der Waals surface area contributed by atoms with Crippen molar-refractivity contribution in [2.75, 3.05) is 39.4 Å². The molecule has 0 aliphatic carbocycles. The zero-order valence-electron chi connectivity index (χ0n) is 16.8. The van der Waals surface area contributed by atoms with Crippen LogP contribution in [0.25, 0.3) is 10.9 Å². The molecule has 152 valence electrons. The summed E-state index contributed by atoms with van der Waals surface area (Å²) in [5, 5.41) is 4.12. The number of para-hydroxylation sites is 1. The number of amides is 1. The van der Waals surface area contributed by atoms with Gasteiger partial charge < -0.3 is 14.6 Å². The van der Waals surface area contributed by atoms with Crippen LogP contribution in [0.5, 0.6) is 0 Å². The number of fused-ring (bicyclic) bond motifs is 1. The van der Waals surface area contributed by atoms with Gasteiger partial charge in [0, 0.05) is 43.3 Å². The standard InChI is InChI=1S/C24H29N3O2/c28-24(25-12-6-7-13-26-14-16-29-17-15-26)22-19-27(18-20-8-2-1-3-9-20)23-11-5-4-10-21(22)23/h1-5,8-11,19H,6-7,12-18H2,(H,25,28). The lowest BCUT2D eigenvalue weighted by Crippen LogP contribution is -2.37. The average Bonchev–Trinajstić information content (AvgIpc) is 3.13. The highest BCUT2D eigenvalue weighted by atomic mass is 16.5. The first-order valence-corrected chi connectivity index (χ1v) is 10.5. The highest BCUT2D eigenvalue weighted by Gasteiger charge is 2.15. The topological polar surface area (TPSA) is 46.5 Å². The predicted octanol–water partition coefficient (Wildman–Crippen LogP) is 3.53. The molecule has 29 heavy (non-hydrogen) atoms. The fraction of sp³-hybridized carbons (Fsp3) is 0.375. The SMILES string of the molecule is O=C(NCCCCN1CCOCC1)c1cn(Cc2ccccc2)c2ccccc12. The fourth-order valence-electron chi connectivity index (χ4n) is 3.92. The van der Waals surface area contributed by atoms with Gasteiger partial charge in [-0.2, -0.15) is 0 Å². The molecule has 1 fully saturated rings. The van der Waals surface area contributed by atoms with Crippen molar-refractivity contribution in [3.05, 3.63) is 71.9 Å². The fourth-order valence-corrected chi connectivity index (χ4v) is 3.92. The third-order valence-corrected chi connectivity index (χ3v) is 5.52. The smallest absolute Gasteiger partial charge is 0.253 e. The highest BCUT2D eigenvalue weighted by Crippen LogP contribution is 2.22. The van der Waals surface area contributed by atoms with E-state index in [2.05, 4.69) is 33.0 Å². The molecule has 1 aliphatic heterocycles. The van der Waals surface area contributed by atoms with Crippen LogP contribution in [0, 0.1) is 0 Å². The number of hydrogen-bond acceptors (Lipinski definition) is 3. The summed E-state index contributed by atoms with van der Waals surface area (Å²) in [5.41, 5.74) is 3.07. The molecule has 5 nitrogen and oxygen atoms in total. The van der Waals surface area contributed by atoms with E-state index in [1.807, 2.05) is 42.6 Å². The summed E-state index contributed by atoms with van der Waals surface area (Å²) < 4.78 is 7.55. The molecule has 0 atom stereocenters. The Morgan fingerprint density at radius 3 is 2.55 bits per heavy atom. The van der Waals surface area contributed by atoms with Crippen molar-refractivity contribution in [1.29, 1.82) is 0 Å². The number of nitrogens with one attached hydrogen (secondary N) is 1. The second kappa shape index (κ2) is 9.72. The molecule has 2 heterocycles. The molecule has 0 unspecified atom stereocenters. The Morgan fingerprint density at radius 1 is 0.966 bits per heavy atom. The minimum Gasteiger partial charge on any atom is -0.379 e. The van der Waals surface area contributed by atoms with Gasteiger partial charge >= 0.3 is 0 Å². The number of morpholine rings is 1. The van der Waals surface area contributed by atoms with Crippen LogP contribution in [-0.2, 0) is 11.3 Å². The average molecular weight is 392 g/mol. The quantitative estimate of drug-likeness (QED) is 0.598. The second-order valence-corrected chi connectivity index (χ2v) is 7.59. The summed E-state index contributed by atoms with van der Waals surface area (Å²) in [5.74, 6) is 0.0133. The molecule has 3 aromatic rings. The van der Waals surface area contributed by atoms with E-state index in [9.17, 15) is 4.79 Å². The van der Waals surface area contributed by atoms with Gasteiger partial charge in [0.2, 0.25) is 0 Å². The first kappa shape index (κ1) is 19.7. The molecule has 0 bridgehead atoms. The van der Waals surface area contributed by atoms with Crippen LogP contribution in [0.3, 0.4) is 0 Å². The summed E-state index contributed by atoms with van der Waals surface area (Å²) in [7, 11) is 0. The molecule has 1 aliphatic rings.